The molecule has 2 rings (SSSR count). The first-order valence-corrected chi connectivity index (χ1v) is 9.14. The predicted molar refractivity (Wildman–Crippen MR) is 110 cm³/mol. The Balaban J connectivity index is 1.82. The molecule has 0 saturated carbocycles. The molecule has 2 N–H and O–H groups in total. The minimum absolute atomic E-state index is 0.190. The Hall–Kier alpha value is -3.62. The van der Waals surface area contributed by atoms with Crippen LogP contribution in [-0.4, -0.2) is 59.9 Å². The Morgan fingerprint density at radius 2 is 1.40 bits per heavy atom. The summed E-state index contributed by atoms with van der Waals surface area (Å²) >= 11 is 0. The van der Waals surface area contributed by atoms with Gasteiger partial charge in [0.25, 0.3) is 5.91 Å². The van der Waals surface area contributed by atoms with Gasteiger partial charge in [0.2, 0.25) is 11.7 Å². The van der Waals surface area contributed by atoms with Crippen molar-refractivity contribution in [2.75, 3.05) is 48.1 Å². The highest BCUT2D eigenvalue weighted by Gasteiger charge is 2.17. The summed E-state index contributed by atoms with van der Waals surface area (Å²) in [5.74, 6) is 1.48. The summed E-state index contributed by atoms with van der Waals surface area (Å²) in [4.78, 5) is 24.4. The lowest BCUT2D eigenvalue weighted by Crippen LogP contribution is -2.38. The van der Waals surface area contributed by atoms with Crippen molar-refractivity contribution in [3.05, 3.63) is 42.0 Å². The van der Waals surface area contributed by atoms with Gasteiger partial charge in [-0.3, -0.25) is 9.59 Å². The first-order valence-electron chi connectivity index (χ1n) is 9.14. The Kier molecular flexibility index (Phi) is 8.61. The van der Waals surface area contributed by atoms with Gasteiger partial charge in [-0.05, 0) is 24.3 Å². The lowest BCUT2D eigenvalue weighted by Gasteiger charge is -2.14. The largest absolute Gasteiger partial charge is 0.493 e. The van der Waals surface area contributed by atoms with E-state index in [0.717, 1.165) is 0 Å². The van der Waals surface area contributed by atoms with E-state index in [4.69, 9.17) is 23.7 Å². The SMILES string of the molecule is COc1ccccc1OCCNC(=O)CNC(=O)c1cc(OC)c(OC)c(OC)c1. The van der Waals surface area contributed by atoms with Gasteiger partial charge in [-0.25, -0.2) is 0 Å². The van der Waals surface area contributed by atoms with Gasteiger partial charge >= 0.3 is 0 Å². The molecule has 30 heavy (non-hydrogen) atoms. The van der Waals surface area contributed by atoms with E-state index in [0.29, 0.717) is 28.7 Å². The van der Waals surface area contributed by atoms with Crippen molar-refractivity contribution in [3.8, 4) is 28.7 Å². The van der Waals surface area contributed by atoms with Gasteiger partial charge in [-0.15, -0.1) is 0 Å². The Labute approximate surface area is 175 Å². The lowest BCUT2D eigenvalue weighted by atomic mass is 10.1. The topological polar surface area (TPSA) is 104 Å². The van der Waals surface area contributed by atoms with Crippen LogP contribution in [0.4, 0.5) is 0 Å². The van der Waals surface area contributed by atoms with Crippen LogP contribution in [0.15, 0.2) is 36.4 Å². The molecule has 0 fully saturated rings. The van der Waals surface area contributed by atoms with Crippen LogP contribution in [0.2, 0.25) is 0 Å². The third-order valence-electron chi connectivity index (χ3n) is 4.09. The highest BCUT2D eigenvalue weighted by Crippen LogP contribution is 2.38. The summed E-state index contributed by atoms with van der Waals surface area (Å²) in [5.41, 5.74) is 0.275. The molecule has 9 heteroatoms. The average Bonchev–Trinajstić information content (AvgIpc) is 2.79. The monoisotopic (exact) mass is 418 g/mol. The Morgan fingerprint density at radius 1 is 0.800 bits per heavy atom. The number of para-hydroxylation sites is 2. The van der Waals surface area contributed by atoms with Gasteiger partial charge < -0.3 is 34.3 Å². The van der Waals surface area contributed by atoms with Gasteiger partial charge in [-0.1, -0.05) is 12.1 Å². The molecule has 0 atom stereocenters. The fraction of sp³-hybridized carbons (Fsp3) is 0.333. The van der Waals surface area contributed by atoms with Crippen molar-refractivity contribution in [3.63, 3.8) is 0 Å². The number of hydrogen-bond donors (Lipinski definition) is 2. The van der Waals surface area contributed by atoms with E-state index in [1.807, 2.05) is 12.1 Å². The summed E-state index contributed by atoms with van der Waals surface area (Å²) in [7, 11) is 5.95. The molecule has 0 bridgehead atoms. The molecule has 9 nitrogen and oxygen atoms in total. The molecule has 0 spiro atoms. The van der Waals surface area contributed by atoms with Crippen LogP contribution in [0.5, 0.6) is 28.7 Å². The quantitative estimate of drug-likeness (QED) is 0.535. The first-order chi connectivity index (χ1) is 14.5. The highest BCUT2D eigenvalue weighted by atomic mass is 16.5. The average molecular weight is 418 g/mol. The molecule has 162 valence electrons. The Bertz CT molecular complexity index is 845. The zero-order valence-corrected chi connectivity index (χ0v) is 17.4. The first kappa shape index (κ1) is 22.7. The fourth-order valence-corrected chi connectivity index (χ4v) is 2.63. The van der Waals surface area contributed by atoms with Crippen LogP contribution in [0.3, 0.4) is 0 Å². The molecule has 0 aliphatic rings. The number of hydrogen-bond acceptors (Lipinski definition) is 7. The summed E-state index contributed by atoms with van der Waals surface area (Å²) in [6.45, 7) is 0.341. The van der Waals surface area contributed by atoms with E-state index in [9.17, 15) is 9.59 Å². The third-order valence-corrected chi connectivity index (χ3v) is 4.09. The second-order valence-corrected chi connectivity index (χ2v) is 5.95. The molecule has 0 radical (unpaired) electrons. The molecule has 0 unspecified atom stereocenters. The Morgan fingerprint density at radius 3 is 1.97 bits per heavy atom. The number of nitrogens with one attached hydrogen (secondary N) is 2. The predicted octanol–water partition coefficient (Wildman–Crippen LogP) is 1.65. The summed E-state index contributed by atoms with van der Waals surface area (Å²) < 4.78 is 26.5. The number of amides is 2. The molecule has 0 heterocycles. The van der Waals surface area contributed by atoms with Crippen molar-refractivity contribution in [1.29, 1.82) is 0 Å². The van der Waals surface area contributed by atoms with Crippen LogP contribution < -0.4 is 34.3 Å². The van der Waals surface area contributed by atoms with Crippen LogP contribution in [0.1, 0.15) is 10.4 Å². The maximum Gasteiger partial charge on any atom is 0.251 e. The van der Waals surface area contributed by atoms with E-state index in [1.165, 1.54) is 33.5 Å². The minimum atomic E-state index is -0.449. The summed E-state index contributed by atoms with van der Waals surface area (Å²) in [5, 5.41) is 5.22. The van der Waals surface area contributed by atoms with Crippen LogP contribution in [0.25, 0.3) is 0 Å². The zero-order chi connectivity index (χ0) is 21.9. The second kappa shape index (κ2) is 11.4. The van der Waals surface area contributed by atoms with Crippen molar-refractivity contribution in [2.45, 2.75) is 0 Å². The van der Waals surface area contributed by atoms with Crippen LogP contribution in [-0.2, 0) is 4.79 Å². The van der Waals surface area contributed by atoms with E-state index in [1.54, 1.807) is 19.2 Å². The molecule has 0 aliphatic carbocycles. The van der Waals surface area contributed by atoms with Crippen molar-refractivity contribution < 1.29 is 33.3 Å². The van der Waals surface area contributed by atoms with Crippen molar-refractivity contribution >= 4 is 11.8 Å². The number of ether oxygens (including phenoxy) is 5. The molecular weight excluding hydrogens is 392 g/mol. The number of methoxy groups -OCH3 is 4. The van der Waals surface area contributed by atoms with Crippen LogP contribution >= 0.6 is 0 Å². The van der Waals surface area contributed by atoms with Crippen molar-refractivity contribution in [2.24, 2.45) is 0 Å². The van der Waals surface area contributed by atoms with Crippen molar-refractivity contribution in [1.82, 2.24) is 10.6 Å². The second-order valence-electron chi connectivity index (χ2n) is 5.95. The smallest absolute Gasteiger partial charge is 0.251 e. The standard InChI is InChI=1S/C21H26N2O7/c1-26-15-7-5-6-8-16(15)30-10-9-22-19(24)13-23-21(25)14-11-17(27-2)20(29-4)18(12-14)28-3/h5-8,11-12H,9-10,13H2,1-4H3,(H,22,24)(H,23,25). The molecule has 2 amide bonds. The van der Waals surface area contributed by atoms with Gasteiger partial charge in [0.1, 0.15) is 6.61 Å². The molecule has 0 saturated heterocycles. The third kappa shape index (κ3) is 5.94. The summed E-state index contributed by atoms with van der Waals surface area (Å²) in [6, 6.07) is 10.2. The van der Waals surface area contributed by atoms with Gasteiger partial charge in [0.15, 0.2) is 23.0 Å². The summed E-state index contributed by atoms with van der Waals surface area (Å²) in [6.07, 6.45) is 0. The molecule has 0 aromatic heterocycles. The molecule has 0 aliphatic heterocycles. The fourth-order valence-electron chi connectivity index (χ4n) is 2.63. The van der Waals surface area contributed by atoms with E-state index in [2.05, 4.69) is 10.6 Å². The lowest BCUT2D eigenvalue weighted by molar-refractivity contribution is -0.120. The molecule has 2 aromatic carbocycles. The molecule has 2 aromatic rings. The van der Waals surface area contributed by atoms with Gasteiger partial charge in [0.05, 0.1) is 41.5 Å². The van der Waals surface area contributed by atoms with E-state index >= 15 is 0 Å². The van der Waals surface area contributed by atoms with Crippen LogP contribution in [0, 0.1) is 0 Å². The van der Waals surface area contributed by atoms with Gasteiger partial charge in [0, 0.05) is 5.56 Å². The number of rotatable bonds is 11. The normalized spacial score (nSPS) is 10.0. The minimum Gasteiger partial charge on any atom is -0.493 e. The van der Waals surface area contributed by atoms with Gasteiger partial charge in [-0.2, -0.15) is 0 Å². The number of benzene rings is 2. The zero-order valence-electron chi connectivity index (χ0n) is 17.4. The van der Waals surface area contributed by atoms with E-state index < -0.39 is 5.91 Å². The molecular formula is C21H26N2O7. The number of carbonyl (C=O) groups is 2. The van der Waals surface area contributed by atoms with E-state index in [-0.39, 0.29) is 31.2 Å². The maximum absolute atomic E-state index is 12.4. The highest BCUT2D eigenvalue weighted by molar-refractivity contribution is 5.97. The number of carbonyl (C=O) groups excluding carboxylic acids is 2. The maximum atomic E-state index is 12.4.